The zero-order valence-electron chi connectivity index (χ0n) is 16.1. The number of halogens is 2. The molecule has 0 aliphatic rings. The number of carbonyl (C=O) groups excluding carboxylic acids is 1. The number of benzene rings is 2. The molecule has 3 aromatic rings. The smallest absolute Gasteiger partial charge is 0.217 e. The third-order valence-electron chi connectivity index (χ3n) is 4.12. The second-order valence-electron chi connectivity index (χ2n) is 6.33. The van der Waals surface area contributed by atoms with Crippen LogP contribution < -0.4 is 10.1 Å². The zero-order chi connectivity index (χ0) is 21.0. The summed E-state index contributed by atoms with van der Waals surface area (Å²) in [7, 11) is 1.64. The molecule has 2 aromatic carbocycles. The molecule has 0 spiro atoms. The molecule has 152 valence electrons. The fraction of sp³-hybridized carbons (Fsp3) is 0.250. The predicted octanol–water partition coefficient (Wildman–Crippen LogP) is 5.07. The highest BCUT2D eigenvalue weighted by molar-refractivity contribution is 7.98. The summed E-state index contributed by atoms with van der Waals surface area (Å²) in [4.78, 5) is 11.5. The van der Waals surface area contributed by atoms with E-state index in [1.807, 2.05) is 35.8 Å². The Morgan fingerprint density at radius 1 is 1.24 bits per heavy atom. The number of thioether (sulfide) groups is 1. The molecule has 3 rings (SSSR count). The molecule has 0 saturated heterocycles. The molecule has 0 saturated carbocycles. The van der Waals surface area contributed by atoms with E-state index in [9.17, 15) is 4.79 Å². The topological polar surface area (TPSA) is 69.0 Å². The van der Waals surface area contributed by atoms with Crippen LogP contribution >= 0.6 is 35.0 Å². The minimum Gasteiger partial charge on any atom is -0.497 e. The number of ether oxygens (including phenoxy) is 1. The van der Waals surface area contributed by atoms with E-state index in [2.05, 4.69) is 15.5 Å². The Balaban J connectivity index is 1.99. The van der Waals surface area contributed by atoms with Crippen molar-refractivity contribution in [3.05, 3.63) is 63.9 Å². The lowest BCUT2D eigenvalue weighted by Gasteiger charge is -2.16. The Bertz CT molecular complexity index is 1030. The van der Waals surface area contributed by atoms with E-state index in [1.165, 1.54) is 18.7 Å². The van der Waals surface area contributed by atoms with E-state index in [0.717, 1.165) is 11.3 Å². The second kappa shape index (κ2) is 9.52. The Labute approximate surface area is 183 Å². The molecule has 1 unspecified atom stereocenters. The van der Waals surface area contributed by atoms with Gasteiger partial charge in [-0.15, -0.1) is 10.2 Å². The fourth-order valence-electron chi connectivity index (χ4n) is 2.82. The Kier molecular flexibility index (Phi) is 7.05. The van der Waals surface area contributed by atoms with Gasteiger partial charge in [0.25, 0.3) is 0 Å². The summed E-state index contributed by atoms with van der Waals surface area (Å²) in [5.74, 6) is 1.86. The molecule has 1 heterocycles. The summed E-state index contributed by atoms with van der Waals surface area (Å²) in [5, 5.41) is 13.2. The summed E-state index contributed by atoms with van der Waals surface area (Å²) in [6.07, 6.45) is 0. The fourth-order valence-corrected chi connectivity index (χ4v) is 4.08. The van der Waals surface area contributed by atoms with Gasteiger partial charge in [-0.05, 0) is 42.8 Å². The van der Waals surface area contributed by atoms with E-state index in [1.54, 1.807) is 25.3 Å². The van der Waals surface area contributed by atoms with Gasteiger partial charge in [0, 0.05) is 17.7 Å². The van der Waals surface area contributed by atoms with Gasteiger partial charge >= 0.3 is 0 Å². The highest BCUT2D eigenvalue weighted by atomic mass is 35.5. The molecule has 0 aliphatic heterocycles. The minimum absolute atomic E-state index is 0.158. The van der Waals surface area contributed by atoms with Crippen molar-refractivity contribution >= 4 is 40.9 Å². The van der Waals surface area contributed by atoms with E-state index in [-0.39, 0.29) is 11.9 Å². The van der Waals surface area contributed by atoms with Gasteiger partial charge in [-0.1, -0.05) is 47.1 Å². The lowest BCUT2D eigenvalue weighted by Crippen LogP contribution is -2.26. The van der Waals surface area contributed by atoms with Crippen molar-refractivity contribution in [2.75, 3.05) is 7.11 Å². The van der Waals surface area contributed by atoms with Gasteiger partial charge in [0.2, 0.25) is 5.91 Å². The van der Waals surface area contributed by atoms with Crippen LogP contribution in [0.4, 0.5) is 0 Å². The zero-order valence-corrected chi connectivity index (χ0v) is 18.5. The van der Waals surface area contributed by atoms with Crippen molar-refractivity contribution in [1.82, 2.24) is 20.1 Å². The van der Waals surface area contributed by atoms with E-state index >= 15 is 0 Å². The van der Waals surface area contributed by atoms with Gasteiger partial charge in [0.05, 0.1) is 23.9 Å². The van der Waals surface area contributed by atoms with Crippen LogP contribution in [0, 0.1) is 0 Å². The first kappa shape index (κ1) is 21.5. The first-order valence-corrected chi connectivity index (χ1v) is 10.6. The van der Waals surface area contributed by atoms with Crippen LogP contribution in [0.25, 0.3) is 5.69 Å². The third kappa shape index (κ3) is 5.23. The average molecular weight is 451 g/mol. The SMILES string of the molecule is COc1cccc(CSc2nnc(C(C)NC(C)=O)n2-c2cc(Cl)ccc2Cl)c1. The maximum absolute atomic E-state index is 11.5. The number of amides is 1. The molecule has 9 heteroatoms. The van der Waals surface area contributed by atoms with Gasteiger partial charge in [-0.2, -0.15) is 0 Å². The van der Waals surface area contributed by atoms with Gasteiger partial charge in [-0.25, -0.2) is 0 Å². The first-order valence-electron chi connectivity index (χ1n) is 8.82. The molecule has 1 amide bonds. The van der Waals surface area contributed by atoms with Crippen LogP contribution in [-0.4, -0.2) is 27.8 Å². The molecule has 1 aromatic heterocycles. The average Bonchev–Trinajstić information content (AvgIpc) is 3.11. The number of nitrogens with one attached hydrogen (secondary N) is 1. The van der Waals surface area contributed by atoms with Crippen molar-refractivity contribution in [3.63, 3.8) is 0 Å². The summed E-state index contributed by atoms with van der Waals surface area (Å²) in [6.45, 7) is 3.30. The largest absolute Gasteiger partial charge is 0.497 e. The molecule has 1 N–H and O–H groups in total. The van der Waals surface area contributed by atoms with Crippen LogP contribution in [0.2, 0.25) is 10.0 Å². The van der Waals surface area contributed by atoms with Gasteiger partial charge in [0.1, 0.15) is 5.75 Å². The molecular weight excluding hydrogens is 431 g/mol. The van der Waals surface area contributed by atoms with Crippen LogP contribution in [0.3, 0.4) is 0 Å². The Morgan fingerprint density at radius 3 is 2.76 bits per heavy atom. The summed E-state index contributed by atoms with van der Waals surface area (Å²) < 4.78 is 7.12. The van der Waals surface area contributed by atoms with Crippen molar-refractivity contribution in [1.29, 1.82) is 0 Å². The number of rotatable bonds is 7. The summed E-state index contributed by atoms with van der Waals surface area (Å²) in [5.41, 5.74) is 1.74. The Hall–Kier alpha value is -2.22. The van der Waals surface area contributed by atoms with E-state index in [4.69, 9.17) is 27.9 Å². The summed E-state index contributed by atoms with van der Waals surface area (Å²) >= 11 is 14.2. The maximum Gasteiger partial charge on any atom is 0.217 e. The molecule has 1 atom stereocenters. The molecule has 29 heavy (non-hydrogen) atoms. The first-order chi connectivity index (χ1) is 13.9. The molecule has 6 nitrogen and oxygen atoms in total. The number of hydrogen-bond donors (Lipinski definition) is 1. The predicted molar refractivity (Wildman–Crippen MR) is 116 cm³/mol. The minimum atomic E-state index is -0.360. The van der Waals surface area contributed by atoms with Crippen LogP contribution in [0.15, 0.2) is 47.6 Å². The number of carbonyl (C=O) groups is 1. The quantitative estimate of drug-likeness (QED) is 0.508. The van der Waals surface area contributed by atoms with Gasteiger partial charge in [0.15, 0.2) is 11.0 Å². The van der Waals surface area contributed by atoms with Gasteiger partial charge in [-0.3, -0.25) is 9.36 Å². The normalized spacial score (nSPS) is 11.9. The standard InChI is InChI=1S/C20H20Cl2N4O2S/c1-12(23-13(2)27)19-24-25-20(26(19)18-10-15(21)7-8-17(18)22)29-11-14-5-4-6-16(9-14)28-3/h4-10,12H,11H2,1-3H3,(H,23,27). The highest BCUT2D eigenvalue weighted by Crippen LogP contribution is 2.32. The van der Waals surface area contributed by atoms with E-state index in [0.29, 0.717) is 32.5 Å². The highest BCUT2D eigenvalue weighted by Gasteiger charge is 2.22. The number of hydrogen-bond acceptors (Lipinski definition) is 5. The molecule has 0 bridgehead atoms. The maximum atomic E-state index is 11.5. The molecular formula is C20H20Cl2N4O2S. The number of methoxy groups -OCH3 is 1. The van der Waals surface area contributed by atoms with Gasteiger partial charge < -0.3 is 10.1 Å². The molecule has 0 fully saturated rings. The monoisotopic (exact) mass is 450 g/mol. The van der Waals surface area contributed by atoms with Crippen LogP contribution in [0.5, 0.6) is 5.75 Å². The third-order valence-corrected chi connectivity index (χ3v) is 5.67. The lowest BCUT2D eigenvalue weighted by atomic mass is 10.2. The summed E-state index contributed by atoms with van der Waals surface area (Å²) in [6, 6.07) is 12.7. The van der Waals surface area contributed by atoms with Crippen molar-refractivity contribution in [2.45, 2.75) is 30.8 Å². The van der Waals surface area contributed by atoms with E-state index < -0.39 is 0 Å². The van der Waals surface area contributed by atoms with Crippen molar-refractivity contribution in [3.8, 4) is 11.4 Å². The van der Waals surface area contributed by atoms with Crippen LogP contribution in [0.1, 0.15) is 31.3 Å². The number of nitrogens with zero attached hydrogens (tertiary/aromatic N) is 3. The van der Waals surface area contributed by atoms with Crippen molar-refractivity contribution < 1.29 is 9.53 Å². The Morgan fingerprint density at radius 2 is 2.03 bits per heavy atom. The lowest BCUT2D eigenvalue weighted by molar-refractivity contribution is -0.119. The number of aromatic nitrogens is 3. The second-order valence-corrected chi connectivity index (χ2v) is 8.12. The molecule has 0 radical (unpaired) electrons. The van der Waals surface area contributed by atoms with Crippen LogP contribution in [-0.2, 0) is 10.5 Å². The molecule has 0 aliphatic carbocycles. The van der Waals surface area contributed by atoms with Crippen molar-refractivity contribution in [2.24, 2.45) is 0 Å².